The van der Waals surface area contributed by atoms with Crippen molar-refractivity contribution in [3.8, 4) is 0 Å². The lowest BCUT2D eigenvalue weighted by Crippen LogP contribution is -2.46. The molecule has 1 saturated heterocycles. The second-order valence-electron chi connectivity index (χ2n) is 5.47. The highest BCUT2D eigenvalue weighted by molar-refractivity contribution is 8.00. The molecule has 0 aliphatic carbocycles. The molecule has 1 aliphatic rings. The predicted molar refractivity (Wildman–Crippen MR) is 78.4 cm³/mol. The summed E-state index contributed by atoms with van der Waals surface area (Å²) >= 11 is 1.85. The molecule has 1 aromatic rings. The molecule has 0 spiro atoms. The van der Waals surface area contributed by atoms with Crippen molar-refractivity contribution in [3.63, 3.8) is 0 Å². The Morgan fingerprint density at radius 1 is 1.40 bits per heavy atom. The number of hydrogen-bond donors (Lipinski definition) is 1. The Hall–Kier alpha value is -1.56. The fourth-order valence-corrected chi connectivity index (χ4v) is 3.37. The molecule has 20 heavy (non-hydrogen) atoms. The molecule has 1 aliphatic heterocycles. The first-order valence-electron chi connectivity index (χ1n) is 6.44. The molecule has 0 radical (unpaired) electrons. The molecule has 0 atom stereocenters. The first kappa shape index (κ1) is 14.8. The monoisotopic (exact) mass is 294 g/mol. The number of aromatic nitrogens is 1. The Morgan fingerprint density at radius 3 is 2.65 bits per heavy atom. The van der Waals surface area contributed by atoms with Gasteiger partial charge in [0.1, 0.15) is 5.69 Å². The van der Waals surface area contributed by atoms with Crippen molar-refractivity contribution >= 4 is 23.6 Å². The van der Waals surface area contributed by atoms with Gasteiger partial charge in [-0.3, -0.25) is 4.79 Å². The van der Waals surface area contributed by atoms with Gasteiger partial charge >= 0.3 is 5.97 Å². The van der Waals surface area contributed by atoms with Crippen molar-refractivity contribution in [2.24, 2.45) is 0 Å². The van der Waals surface area contributed by atoms with Crippen LogP contribution in [-0.2, 0) is 0 Å². The lowest BCUT2D eigenvalue weighted by molar-refractivity contribution is 0.0691. The number of nitrogens with zero attached hydrogens (tertiary/aromatic N) is 2. The maximum atomic E-state index is 12.4. The summed E-state index contributed by atoms with van der Waals surface area (Å²) in [6, 6.07) is 2.94. The van der Waals surface area contributed by atoms with E-state index in [2.05, 4.69) is 18.8 Å². The summed E-state index contributed by atoms with van der Waals surface area (Å²) in [5.74, 6) is -0.242. The number of amides is 1. The molecule has 2 heterocycles. The predicted octanol–water partition coefficient (Wildman–Crippen LogP) is 2.06. The molecule has 1 amide bonds. The van der Waals surface area contributed by atoms with Gasteiger partial charge in [-0.15, -0.1) is 0 Å². The molecule has 1 aromatic heterocycles. The van der Waals surface area contributed by atoms with Gasteiger partial charge in [0.25, 0.3) is 5.91 Å². The molecular weight excluding hydrogens is 276 g/mol. The van der Waals surface area contributed by atoms with Crippen LogP contribution in [0.25, 0.3) is 0 Å². The van der Waals surface area contributed by atoms with E-state index in [1.165, 1.54) is 12.1 Å². The van der Waals surface area contributed by atoms with Crippen LogP contribution in [0.2, 0.25) is 0 Å². The molecule has 1 fully saturated rings. The average molecular weight is 294 g/mol. The normalized spacial score (nSPS) is 17.9. The van der Waals surface area contributed by atoms with E-state index < -0.39 is 5.97 Å². The number of pyridine rings is 1. The van der Waals surface area contributed by atoms with Crippen LogP contribution in [0.5, 0.6) is 0 Å². The second kappa shape index (κ2) is 5.44. The number of rotatable bonds is 2. The minimum absolute atomic E-state index is 0.0456. The first-order chi connectivity index (χ1) is 9.30. The maximum absolute atomic E-state index is 12.4. The second-order valence-corrected chi connectivity index (χ2v) is 7.27. The highest BCUT2D eigenvalue weighted by Gasteiger charge is 2.30. The van der Waals surface area contributed by atoms with Crippen LogP contribution in [0.1, 0.15) is 40.4 Å². The molecule has 0 aromatic carbocycles. The first-order valence-corrected chi connectivity index (χ1v) is 7.43. The van der Waals surface area contributed by atoms with E-state index in [4.69, 9.17) is 5.11 Å². The Bertz CT molecular complexity index is 557. The van der Waals surface area contributed by atoms with Crippen molar-refractivity contribution < 1.29 is 14.7 Å². The van der Waals surface area contributed by atoms with Crippen molar-refractivity contribution in [2.75, 3.05) is 18.8 Å². The Labute approximate surface area is 122 Å². The number of hydrogen-bond acceptors (Lipinski definition) is 4. The van der Waals surface area contributed by atoms with Crippen LogP contribution >= 0.6 is 11.8 Å². The Morgan fingerprint density at radius 2 is 2.10 bits per heavy atom. The highest BCUT2D eigenvalue weighted by Crippen LogP contribution is 2.30. The van der Waals surface area contributed by atoms with Crippen LogP contribution in [0.4, 0.5) is 0 Å². The van der Waals surface area contributed by atoms with Crippen LogP contribution in [-0.4, -0.2) is 50.5 Å². The molecule has 0 saturated carbocycles. The van der Waals surface area contributed by atoms with E-state index in [1.54, 1.807) is 11.8 Å². The quantitative estimate of drug-likeness (QED) is 0.904. The van der Waals surface area contributed by atoms with Crippen molar-refractivity contribution in [3.05, 3.63) is 29.1 Å². The summed E-state index contributed by atoms with van der Waals surface area (Å²) in [4.78, 5) is 29.3. The van der Waals surface area contributed by atoms with E-state index >= 15 is 0 Å². The molecule has 2 rings (SSSR count). The summed E-state index contributed by atoms with van der Waals surface area (Å²) in [6.07, 6.45) is 0. The van der Waals surface area contributed by atoms with Gasteiger partial charge < -0.3 is 10.0 Å². The Balaban J connectivity index is 2.21. The Kier molecular flexibility index (Phi) is 4.04. The van der Waals surface area contributed by atoms with Gasteiger partial charge in [0, 0.05) is 23.6 Å². The number of carbonyl (C=O) groups is 2. The van der Waals surface area contributed by atoms with E-state index in [9.17, 15) is 9.59 Å². The van der Waals surface area contributed by atoms with Gasteiger partial charge in [0.15, 0.2) is 0 Å². The molecule has 1 N–H and O–H groups in total. The van der Waals surface area contributed by atoms with Crippen LogP contribution < -0.4 is 0 Å². The van der Waals surface area contributed by atoms with Gasteiger partial charge in [-0.05, 0) is 32.9 Å². The summed E-state index contributed by atoms with van der Waals surface area (Å²) in [5, 5.41) is 8.97. The topological polar surface area (TPSA) is 70.5 Å². The zero-order chi connectivity index (χ0) is 14.9. The minimum atomic E-state index is -1.02. The van der Waals surface area contributed by atoms with E-state index in [-0.39, 0.29) is 16.2 Å². The lowest BCUT2D eigenvalue weighted by Gasteiger charge is -2.37. The van der Waals surface area contributed by atoms with E-state index in [0.29, 0.717) is 24.5 Å². The molecule has 6 heteroatoms. The van der Waals surface area contributed by atoms with E-state index in [0.717, 1.165) is 5.75 Å². The summed E-state index contributed by atoms with van der Waals surface area (Å²) in [6.45, 7) is 7.22. The fourth-order valence-electron chi connectivity index (χ4n) is 2.26. The van der Waals surface area contributed by atoms with Gasteiger partial charge in [-0.1, -0.05) is 0 Å². The van der Waals surface area contributed by atoms with Crippen molar-refractivity contribution in [1.82, 2.24) is 9.88 Å². The van der Waals surface area contributed by atoms with Crippen LogP contribution in [0.3, 0.4) is 0 Å². The van der Waals surface area contributed by atoms with Gasteiger partial charge in [-0.2, -0.15) is 11.8 Å². The standard InChI is InChI=1S/C14H18N2O3S/c1-9-10(13(18)19)4-5-11(15-9)12(17)16-6-7-20-14(2,3)8-16/h4-5H,6-8H2,1-3H3,(H,18,19). The number of carbonyl (C=O) groups excluding carboxylic acids is 1. The van der Waals surface area contributed by atoms with Crippen molar-refractivity contribution in [1.29, 1.82) is 0 Å². The molecule has 0 unspecified atom stereocenters. The number of carboxylic acids is 1. The zero-order valence-electron chi connectivity index (χ0n) is 11.8. The average Bonchev–Trinajstić information content (AvgIpc) is 2.36. The van der Waals surface area contributed by atoms with E-state index in [1.807, 2.05) is 11.8 Å². The highest BCUT2D eigenvalue weighted by atomic mass is 32.2. The molecular formula is C14H18N2O3S. The maximum Gasteiger partial charge on any atom is 0.337 e. The third kappa shape index (κ3) is 3.12. The van der Waals surface area contributed by atoms with Gasteiger partial charge in [0.05, 0.1) is 11.3 Å². The molecule has 108 valence electrons. The minimum Gasteiger partial charge on any atom is -0.478 e. The smallest absolute Gasteiger partial charge is 0.337 e. The summed E-state index contributed by atoms with van der Waals surface area (Å²) in [7, 11) is 0. The number of carboxylic acid groups (broad SMARTS) is 1. The lowest BCUT2D eigenvalue weighted by atomic mass is 10.1. The van der Waals surface area contributed by atoms with Gasteiger partial charge in [0.2, 0.25) is 0 Å². The van der Waals surface area contributed by atoms with Crippen molar-refractivity contribution in [2.45, 2.75) is 25.5 Å². The molecule has 5 nitrogen and oxygen atoms in total. The third-order valence-electron chi connectivity index (χ3n) is 3.25. The number of thioether (sulfide) groups is 1. The fraction of sp³-hybridized carbons (Fsp3) is 0.500. The SMILES string of the molecule is Cc1nc(C(=O)N2CCSC(C)(C)C2)ccc1C(=O)O. The van der Waals surface area contributed by atoms with Crippen LogP contribution in [0.15, 0.2) is 12.1 Å². The van der Waals surface area contributed by atoms with Gasteiger partial charge in [-0.25, -0.2) is 9.78 Å². The van der Waals surface area contributed by atoms with Crippen LogP contribution in [0, 0.1) is 6.92 Å². The summed E-state index contributed by atoms with van der Waals surface area (Å²) in [5.41, 5.74) is 0.820. The third-order valence-corrected chi connectivity index (χ3v) is 4.55. The number of aromatic carboxylic acids is 1. The largest absolute Gasteiger partial charge is 0.478 e. The summed E-state index contributed by atoms with van der Waals surface area (Å²) < 4.78 is 0.0456. The zero-order valence-corrected chi connectivity index (χ0v) is 12.7. The number of aryl methyl sites for hydroxylation is 1. The molecule has 0 bridgehead atoms.